The van der Waals surface area contributed by atoms with Crippen LogP contribution in [0.4, 0.5) is 0 Å². The van der Waals surface area contributed by atoms with E-state index in [0.717, 1.165) is 22.3 Å². The lowest BCUT2D eigenvalue weighted by atomic mass is 10.1. The molecule has 3 aromatic rings. The number of nitrogens with zero attached hydrogens (tertiary/aromatic N) is 2. The molecule has 0 saturated carbocycles. The van der Waals surface area contributed by atoms with Crippen LogP contribution in [0, 0.1) is 20.8 Å². The molecule has 26 heavy (non-hydrogen) atoms. The Morgan fingerprint density at radius 1 is 1.31 bits per heavy atom. The molecular weight excluding hydrogens is 352 g/mol. The number of hydrogen-bond acceptors (Lipinski definition) is 6. The molecule has 0 unspecified atom stereocenters. The van der Waals surface area contributed by atoms with E-state index in [1.54, 1.807) is 24.4 Å². The summed E-state index contributed by atoms with van der Waals surface area (Å²) in [6, 6.07) is 5.33. The number of hydrogen-bond donors (Lipinski definition) is 0. The highest BCUT2D eigenvalue weighted by Gasteiger charge is 2.18. The number of carbonyl (C=O) groups excluding carboxylic acids is 2. The first-order valence-electron chi connectivity index (χ1n) is 7.99. The van der Waals surface area contributed by atoms with Gasteiger partial charge in [0.15, 0.2) is 11.7 Å². The normalized spacial score (nSPS) is 11.2. The van der Waals surface area contributed by atoms with E-state index in [9.17, 15) is 9.59 Å². The minimum atomic E-state index is -0.596. The molecule has 0 aromatic carbocycles. The van der Waals surface area contributed by atoms with Gasteiger partial charge in [-0.25, -0.2) is 9.78 Å². The van der Waals surface area contributed by atoms with E-state index in [1.807, 2.05) is 30.7 Å². The number of aryl methyl sites for hydroxylation is 2. The first-order chi connectivity index (χ1) is 12.5. The Balaban J connectivity index is 1.64. The van der Waals surface area contributed by atoms with Gasteiger partial charge in [0.05, 0.1) is 0 Å². The maximum Gasteiger partial charge on any atom is 0.331 e. The molecule has 0 N–H and O–H groups in total. The standard InChI is InChI=1S/C19H18N2O4S/c1-12-10-16(14(3)21(12)19-20-8-9-26-19)17(22)11-24-18(23)7-6-15-5-4-13(2)25-15/h4-10H,11H2,1-3H3/b7-6+. The molecule has 0 atom stereocenters. The van der Waals surface area contributed by atoms with Gasteiger partial charge < -0.3 is 9.15 Å². The van der Waals surface area contributed by atoms with Gasteiger partial charge in [0.25, 0.3) is 0 Å². The van der Waals surface area contributed by atoms with Crippen LogP contribution in [-0.4, -0.2) is 27.9 Å². The van der Waals surface area contributed by atoms with Crippen molar-refractivity contribution >= 4 is 29.2 Å². The van der Waals surface area contributed by atoms with Crippen LogP contribution < -0.4 is 0 Å². The van der Waals surface area contributed by atoms with Gasteiger partial charge in [-0.15, -0.1) is 11.3 Å². The minimum Gasteiger partial charge on any atom is -0.462 e. The fourth-order valence-electron chi connectivity index (χ4n) is 2.62. The zero-order valence-corrected chi connectivity index (χ0v) is 15.5. The van der Waals surface area contributed by atoms with Crippen LogP contribution in [0.3, 0.4) is 0 Å². The van der Waals surface area contributed by atoms with Crippen molar-refractivity contribution in [1.82, 2.24) is 9.55 Å². The summed E-state index contributed by atoms with van der Waals surface area (Å²) in [6.07, 6.45) is 4.47. The Morgan fingerprint density at radius 2 is 2.12 bits per heavy atom. The highest BCUT2D eigenvalue weighted by Crippen LogP contribution is 2.22. The number of thiazole rings is 1. The van der Waals surface area contributed by atoms with E-state index in [-0.39, 0.29) is 12.4 Å². The fourth-order valence-corrected chi connectivity index (χ4v) is 3.37. The molecule has 7 heteroatoms. The van der Waals surface area contributed by atoms with Crippen LogP contribution >= 0.6 is 11.3 Å². The zero-order valence-electron chi connectivity index (χ0n) is 14.7. The Bertz CT molecular complexity index is 964. The van der Waals surface area contributed by atoms with Crippen LogP contribution in [0.25, 0.3) is 11.2 Å². The second-order valence-electron chi connectivity index (χ2n) is 5.75. The average molecular weight is 370 g/mol. The molecule has 0 spiro atoms. The number of ketones is 1. The first kappa shape index (κ1) is 17.9. The van der Waals surface area contributed by atoms with Gasteiger partial charge in [-0.05, 0) is 45.0 Å². The van der Waals surface area contributed by atoms with Crippen molar-refractivity contribution in [1.29, 1.82) is 0 Å². The van der Waals surface area contributed by atoms with Crippen LogP contribution in [0.15, 0.2) is 40.3 Å². The van der Waals surface area contributed by atoms with Gasteiger partial charge in [0.2, 0.25) is 5.78 Å². The van der Waals surface area contributed by atoms with Crippen molar-refractivity contribution in [2.45, 2.75) is 20.8 Å². The van der Waals surface area contributed by atoms with Crippen LogP contribution in [0.1, 0.15) is 33.3 Å². The smallest absolute Gasteiger partial charge is 0.331 e. The molecule has 134 valence electrons. The molecule has 0 saturated heterocycles. The summed E-state index contributed by atoms with van der Waals surface area (Å²) in [5.74, 6) is 0.458. The third-order valence-corrected chi connectivity index (χ3v) is 4.59. The average Bonchev–Trinajstić information content (AvgIpc) is 3.32. The van der Waals surface area contributed by atoms with Crippen LogP contribution in [0.5, 0.6) is 0 Å². The van der Waals surface area contributed by atoms with Gasteiger partial charge in [0.1, 0.15) is 11.5 Å². The van der Waals surface area contributed by atoms with Crippen LogP contribution in [0.2, 0.25) is 0 Å². The molecule has 0 aliphatic heterocycles. The topological polar surface area (TPSA) is 74.3 Å². The van der Waals surface area contributed by atoms with E-state index < -0.39 is 5.97 Å². The largest absolute Gasteiger partial charge is 0.462 e. The summed E-state index contributed by atoms with van der Waals surface area (Å²) in [4.78, 5) is 28.5. The molecule has 0 bridgehead atoms. The van der Waals surface area contributed by atoms with Crippen molar-refractivity contribution in [2.24, 2.45) is 0 Å². The third kappa shape index (κ3) is 3.83. The number of rotatable bonds is 6. The van der Waals surface area contributed by atoms with E-state index in [4.69, 9.17) is 9.15 Å². The number of esters is 1. The Hall–Kier alpha value is -2.93. The SMILES string of the molecule is Cc1ccc(/C=C/C(=O)OCC(=O)c2cc(C)n(-c3nccs3)c2C)o1. The number of furan rings is 1. The van der Waals surface area contributed by atoms with E-state index >= 15 is 0 Å². The van der Waals surface area contributed by atoms with Crippen molar-refractivity contribution in [3.63, 3.8) is 0 Å². The molecule has 0 radical (unpaired) electrons. The summed E-state index contributed by atoms with van der Waals surface area (Å²) < 4.78 is 12.3. The predicted octanol–water partition coefficient (Wildman–Crippen LogP) is 3.89. The van der Waals surface area contributed by atoms with Crippen molar-refractivity contribution in [2.75, 3.05) is 6.61 Å². The fraction of sp³-hybridized carbons (Fsp3) is 0.211. The van der Waals surface area contributed by atoms with E-state index in [1.165, 1.54) is 23.5 Å². The molecule has 0 fully saturated rings. The zero-order chi connectivity index (χ0) is 18.7. The number of carbonyl (C=O) groups is 2. The Labute approximate surface area is 154 Å². The number of aromatic nitrogens is 2. The van der Waals surface area contributed by atoms with Crippen LogP contribution in [-0.2, 0) is 9.53 Å². The molecule has 0 aliphatic carbocycles. The first-order valence-corrected chi connectivity index (χ1v) is 8.87. The van der Waals surface area contributed by atoms with Gasteiger partial charge in [-0.1, -0.05) is 0 Å². The van der Waals surface area contributed by atoms with Crippen molar-refractivity contribution in [3.8, 4) is 5.13 Å². The minimum absolute atomic E-state index is 0.253. The highest BCUT2D eigenvalue weighted by molar-refractivity contribution is 7.12. The van der Waals surface area contributed by atoms with E-state index in [0.29, 0.717) is 11.3 Å². The molecule has 3 rings (SSSR count). The van der Waals surface area contributed by atoms with Gasteiger partial charge >= 0.3 is 5.97 Å². The highest BCUT2D eigenvalue weighted by atomic mass is 32.1. The summed E-state index contributed by atoms with van der Waals surface area (Å²) >= 11 is 1.49. The maximum atomic E-state index is 12.4. The maximum absolute atomic E-state index is 12.4. The quantitative estimate of drug-likeness (QED) is 0.374. The van der Waals surface area contributed by atoms with Gasteiger partial charge in [-0.3, -0.25) is 9.36 Å². The molecule has 0 aliphatic rings. The predicted molar refractivity (Wildman–Crippen MR) is 98.7 cm³/mol. The van der Waals surface area contributed by atoms with Crippen molar-refractivity contribution in [3.05, 3.63) is 64.3 Å². The molecule has 0 amide bonds. The lowest BCUT2D eigenvalue weighted by molar-refractivity contribution is -0.136. The number of ether oxygens (including phenoxy) is 1. The lowest BCUT2D eigenvalue weighted by Gasteiger charge is -2.05. The second-order valence-corrected chi connectivity index (χ2v) is 6.62. The number of Topliss-reactive ketones (excluding diaryl/α,β-unsaturated/α-hetero) is 1. The van der Waals surface area contributed by atoms with Crippen molar-refractivity contribution < 1.29 is 18.7 Å². The Kier molecular flexibility index (Phi) is 5.18. The van der Waals surface area contributed by atoms with Gasteiger partial charge in [0, 0.05) is 34.6 Å². The molecule has 3 heterocycles. The lowest BCUT2D eigenvalue weighted by Crippen LogP contribution is -2.13. The third-order valence-electron chi connectivity index (χ3n) is 3.83. The monoisotopic (exact) mass is 370 g/mol. The Morgan fingerprint density at radius 3 is 2.77 bits per heavy atom. The van der Waals surface area contributed by atoms with E-state index in [2.05, 4.69) is 4.98 Å². The summed E-state index contributed by atoms with van der Waals surface area (Å²) in [7, 11) is 0. The molecule has 3 aromatic heterocycles. The summed E-state index contributed by atoms with van der Waals surface area (Å²) in [5, 5.41) is 2.68. The summed E-state index contributed by atoms with van der Waals surface area (Å²) in [6.45, 7) is 5.26. The van der Waals surface area contributed by atoms with Gasteiger partial charge in [-0.2, -0.15) is 0 Å². The second kappa shape index (κ2) is 7.53. The molecular formula is C19H18N2O4S. The summed E-state index contributed by atoms with van der Waals surface area (Å²) in [5.41, 5.74) is 2.21. The molecule has 6 nitrogen and oxygen atoms in total.